The van der Waals surface area contributed by atoms with Crippen LogP contribution in [0.5, 0.6) is 11.5 Å². The summed E-state index contributed by atoms with van der Waals surface area (Å²) < 4.78 is 44.5. The summed E-state index contributed by atoms with van der Waals surface area (Å²) in [5.41, 5.74) is -2.37. The average Bonchev–Trinajstić information content (AvgIpc) is 2.64. The van der Waals surface area contributed by atoms with Gasteiger partial charge in [0, 0.05) is 12.6 Å². The number of carbonyl (C=O) groups is 1. The highest BCUT2D eigenvalue weighted by atomic mass is 19.4. The molecule has 148 valence electrons. The number of methoxy groups -OCH3 is 1. The minimum Gasteiger partial charge on any atom is -0.501 e. The van der Waals surface area contributed by atoms with Crippen molar-refractivity contribution in [1.29, 1.82) is 0 Å². The first-order chi connectivity index (χ1) is 13.1. The Balaban J connectivity index is 2.37. The maximum absolute atomic E-state index is 13.3. The smallest absolute Gasteiger partial charge is 0.431 e. The number of benzene rings is 2. The van der Waals surface area contributed by atoms with Gasteiger partial charge in [-0.05, 0) is 17.7 Å². The molecule has 0 saturated heterocycles. The van der Waals surface area contributed by atoms with Gasteiger partial charge in [-0.25, -0.2) is 0 Å². The van der Waals surface area contributed by atoms with Gasteiger partial charge in [0.25, 0.3) is 0 Å². The van der Waals surface area contributed by atoms with E-state index in [0.29, 0.717) is 5.56 Å². The molecule has 0 saturated carbocycles. The van der Waals surface area contributed by atoms with Crippen LogP contribution in [-0.4, -0.2) is 29.1 Å². The largest absolute Gasteiger partial charge is 0.501 e. The second-order valence-corrected chi connectivity index (χ2v) is 5.53. The maximum Gasteiger partial charge on any atom is 0.431 e. The van der Waals surface area contributed by atoms with Crippen LogP contribution >= 0.6 is 0 Å². The number of nitrogens with zero attached hydrogens (tertiary/aromatic N) is 1. The van der Waals surface area contributed by atoms with Crippen molar-refractivity contribution in [1.82, 2.24) is 5.32 Å². The van der Waals surface area contributed by atoms with Gasteiger partial charge < -0.3 is 15.2 Å². The number of alkyl halides is 3. The predicted octanol–water partition coefficient (Wildman–Crippen LogP) is 3.73. The third-order valence-corrected chi connectivity index (χ3v) is 3.69. The Kier molecular flexibility index (Phi) is 6.24. The van der Waals surface area contributed by atoms with Gasteiger partial charge in [-0.1, -0.05) is 30.3 Å². The summed E-state index contributed by atoms with van der Waals surface area (Å²) in [5.74, 6) is -2.66. The highest BCUT2D eigenvalue weighted by Crippen LogP contribution is 2.39. The molecule has 2 aromatic carbocycles. The van der Waals surface area contributed by atoms with Crippen LogP contribution in [0.2, 0.25) is 0 Å². The van der Waals surface area contributed by atoms with E-state index in [1.54, 1.807) is 30.3 Å². The van der Waals surface area contributed by atoms with E-state index in [2.05, 4.69) is 5.32 Å². The molecule has 0 heterocycles. The molecular weight excluding hydrogens is 381 g/mol. The molecule has 0 aliphatic rings. The number of hydrogen-bond acceptors (Lipinski definition) is 6. The van der Waals surface area contributed by atoms with Crippen molar-refractivity contribution in [3.8, 4) is 11.5 Å². The molecule has 0 bridgehead atoms. The fraction of sp³-hybridized carbons (Fsp3) is 0.167. The number of rotatable bonds is 7. The van der Waals surface area contributed by atoms with E-state index >= 15 is 0 Å². The van der Waals surface area contributed by atoms with Gasteiger partial charge in [0.2, 0.25) is 11.5 Å². The minimum absolute atomic E-state index is 0.200. The zero-order valence-electron chi connectivity index (χ0n) is 14.5. The number of halogens is 3. The van der Waals surface area contributed by atoms with Crippen LogP contribution in [0, 0.1) is 10.1 Å². The summed E-state index contributed by atoms with van der Waals surface area (Å²) in [5, 5.41) is 23.2. The van der Waals surface area contributed by atoms with Crippen LogP contribution in [-0.2, 0) is 6.54 Å². The van der Waals surface area contributed by atoms with Crippen LogP contribution in [0.4, 0.5) is 18.9 Å². The highest BCUT2D eigenvalue weighted by molar-refractivity contribution is 6.08. The van der Waals surface area contributed by atoms with E-state index in [9.17, 15) is 33.2 Å². The molecule has 0 aliphatic carbocycles. The number of aromatic hydroxyl groups is 1. The van der Waals surface area contributed by atoms with E-state index in [1.807, 2.05) is 0 Å². The Morgan fingerprint density at radius 1 is 1.25 bits per heavy atom. The van der Waals surface area contributed by atoms with Gasteiger partial charge in [0.1, 0.15) is 5.70 Å². The standard InChI is InChI=1S/C18H15F3N2O5/c1-28-14-8-7-12(17(25)16(14)23(26)27)13(24)9-15(18(19,20)21)22-10-11-5-3-2-4-6-11/h2-9,22,25H,10H2,1H3. The summed E-state index contributed by atoms with van der Waals surface area (Å²) in [6, 6.07) is 10.2. The van der Waals surface area contributed by atoms with Crippen molar-refractivity contribution in [3.63, 3.8) is 0 Å². The molecule has 10 heteroatoms. The quantitative estimate of drug-likeness (QED) is 0.320. The van der Waals surface area contributed by atoms with Gasteiger partial charge in [0.05, 0.1) is 17.6 Å². The summed E-state index contributed by atoms with van der Waals surface area (Å²) in [6.45, 7) is -0.200. The van der Waals surface area contributed by atoms with E-state index in [4.69, 9.17) is 4.74 Å². The first-order valence-corrected chi connectivity index (χ1v) is 7.80. The summed E-state index contributed by atoms with van der Waals surface area (Å²) >= 11 is 0. The fourth-order valence-electron chi connectivity index (χ4n) is 2.34. The number of hydrogen-bond donors (Lipinski definition) is 2. The van der Waals surface area contributed by atoms with Crippen LogP contribution in [0.1, 0.15) is 15.9 Å². The van der Waals surface area contributed by atoms with Crippen molar-refractivity contribution in [3.05, 3.63) is 75.5 Å². The topological polar surface area (TPSA) is 102 Å². The third kappa shape index (κ3) is 4.78. The molecule has 2 N–H and O–H groups in total. The number of nitro benzene ring substituents is 1. The lowest BCUT2D eigenvalue weighted by Gasteiger charge is -2.14. The molecule has 0 aromatic heterocycles. The van der Waals surface area contributed by atoms with Crippen LogP contribution in [0.25, 0.3) is 0 Å². The van der Waals surface area contributed by atoms with Crippen LogP contribution in [0.3, 0.4) is 0 Å². The first kappa shape index (κ1) is 20.7. The highest BCUT2D eigenvalue weighted by Gasteiger charge is 2.35. The lowest BCUT2D eigenvalue weighted by Crippen LogP contribution is -2.27. The summed E-state index contributed by atoms with van der Waals surface area (Å²) in [4.78, 5) is 22.3. The van der Waals surface area contributed by atoms with Gasteiger partial charge in [0.15, 0.2) is 5.78 Å². The number of ether oxygens (including phenoxy) is 1. The number of allylic oxidation sites excluding steroid dienone is 2. The average molecular weight is 396 g/mol. The molecule has 0 atom stereocenters. The van der Waals surface area contributed by atoms with Gasteiger partial charge >= 0.3 is 11.9 Å². The molecule has 0 unspecified atom stereocenters. The zero-order valence-corrected chi connectivity index (χ0v) is 14.5. The van der Waals surface area contributed by atoms with E-state index in [1.165, 1.54) is 0 Å². The second-order valence-electron chi connectivity index (χ2n) is 5.53. The Morgan fingerprint density at radius 3 is 2.43 bits per heavy atom. The van der Waals surface area contributed by atoms with E-state index in [-0.39, 0.29) is 18.4 Å². The van der Waals surface area contributed by atoms with Crippen molar-refractivity contribution in [2.45, 2.75) is 12.7 Å². The number of phenols is 1. The van der Waals surface area contributed by atoms with Gasteiger partial charge in [-0.2, -0.15) is 13.2 Å². The number of nitro groups is 1. The van der Waals surface area contributed by atoms with Crippen molar-refractivity contribution >= 4 is 11.5 Å². The first-order valence-electron chi connectivity index (χ1n) is 7.80. The van der Waals surface area contributed by atoms with E-state index < -0.39 is 39.6 Å². The molecule has 2 rings (SSSR count). The Bertz CT molecular complexity index is 911. The Morgan fingerprint density at radius 2 is 1.89 bits per heavy atom. The van der Waals surface area contributed by atoms with Gasteiger partial charge in [-0.3, -0.25) is 14.9 Å². The van der Waals surface area contributed by atoms with Crippen molar-refractivity contribution in [2.24, 2.45) is 0 Å². The second kappa shape index (κ2) is 8.42. The Hall–Kier alpha value is -3.56. The molecule has 2 aromatic rings. The number of ketones is 1. The minimum atomic E-state index is -4.88. The van der Waals surface area contributed by atoms with Gasteiger partial charge in [-0.15, -0.1) is 0 Å². The number of carbonyl (C=O) groups excluding carboxylic acids is 1. The molecule has 28 heavy (non-hydrogen) atoms. The molecule has 0 radical (unpaired) electrons. The summed E-state index contributed by atoms with van der Waals surface area (Å²) in [6.07, 6.45) is -4.63. The third-order valence-electron chi connectivity index (χ3n) is 3.69. The molecule has 0 spiro atoms. The molecule has 0 aliphatic heterocycles. The lowest BCUT2D eigenvalue weighted by molar-refractivity contribution is -0.386. The molecular formula is C18H15F3N2O5. The van der Waals surface area contributed by atoms with Crippen LogP contribution < -0.4 is 10.1 Å². The number of phenolic OH excluding ortho intramolecular Hbond substituents is 1. The van der Waals surface area contributed by atoms with Crippen molar-refractivity contribution in [2.75, 3.05) is 7.11 Å². The van der Waals surface area contributed by atoms with Crippen molar-refractivity contribution < 1.29 is 32.7 Å². The molecule has 7 nitrogen and oxygen atoms in total. The monoisotopic (exact) mass is 396 g/mol. The lowest BCUT2D eigenvalue weighted by atomic mass is 10.1. The Labute approximate surface area is 157 Å². The SMILES string of the molecule is COc1ccc(C(=O)C=C(NCc2ccccc2)C(F)(F)F)c(O)c1[N+](=O)[O-]. The normalized spacial score (nSPS) is 11.8. The van der Waals surface area contributed by atoms with Crippen LogP contribution in [0.15, 0.2) is 54.2 Å². The maximum atomic E-state index is 13.3. The van der Waals surface area contributed by atoms with E-state index in [0.717, 1.165) is 19.2 Å². The zero-order chi connectivity index (χ0) is 20.9. The summed E-state index contributed by atoms with van der Waals surface area (Å²) in [7, 11) is 1.11. The fourth-order valence-corrected chi connectivity index (χ4v) is 2.34. The predicted molar refractivity (Wildman–Crippen MR) is 93.1 cm³/mol. The molecule has 0 fully saturated rings. The molecule has 0 amide bonds. The number of nitrogens with one attached hydrogen (secondary N) is 1.